The van der Waals surface area contributed by atoms with E-state index in [0.717, 1.165) is 30.8 Å². The van der Waals surface area contributed by atoms with Crippen molar-refractivity contribution in [2.45, 2.75) is 25.4 Å². The summed E-state index contributed by atoms with van der Waals surface area (Å²) in [5.74, 6) is -0.361. The third-order valence-corrected chi connectivity index (χ3v) is 5.91. The highest BCUT2D eigenvalue weighted by Crippen LogP contribution is 2.17. The van der Waals surface area contributed by atoms with Crippen molar-refractivity contribution in [3.63, 3.8) is 0 Å². The quantitative estimate of drug-likeness (QED) is 0.484. The van der Waals surface area contributed by atoms with E-state index in [0.29, 0.717) is 11.6 Å². The minimum absolute atomic E-state index is 0.0270. The van der Waals surface area contributed by atoms with Crippen molar-refractivity contribution in [2.24, 2.45) is 0 Å². The minimum atomic E-state index is -0.490. The third kappa shape index (κ3) is 7.09. The lowest BCUT2D eigenvalue weighted by Gasteiger charge is -2.35. The zero-order valence-electron chi connectivity index (χ0n) is 18.9. The van der Waals surface area contributed by atoms with E-state index in [1.165, 1.54) is 24.5 Å². The number of nitrogens with zero attached hydrogens (tertiary/aromatic N) is 2. The number of rotatable bonds is 9. The van der Waals surface area contributed by atoms with Crippen LogP contribution in [-0.4, -0.2) is 66.3 Å². The van der Waals surface area contributed by atoms with Crippen molar-refractivity contribution >= 4 is 23.7 Å². The molecule has 0 unspecified atom stereocenters. The number of aliphatic hydroxyl groups excluding tert-OH is 1. The van der Waals surface area contributed by atoms with Crippen molar-refractivity contribution in [2.75, 3.05) is 33.8 Å². The normalized spacial score (nSPS) is 15.8. The number of aliphatic hydroxyl groups is 1. The highest BCUT2D eigenvalue weighted by molar-refractivity contribution is 6.06. The van der Waals surface area contributed by atoms with Crippen LogP contribution in [0.3, 0.4) is 0 Å². The molecule has 5 nitrogen and oxygen atoms in total. The fourth-order valence-electron chi connectivity index (χ4n) is 3.85. The van der Waals surface area contributed by atoms with Crippen LogP contribution in [-0.2, 0) is 11.3 Å². The number of benzene rings is 2. The molecule has 0 spiro atoms. The predicted octanol–water partition coefficient (Wildman–Crippen LogP) is 3.68. The first-order chi connectivity index (χ1) is 15.4. The van der Waals surface area contributed by atoms with Crippen LogP contribution in [0.15, 0.2) is 60.7 Å². The Balaban J connectivity index is 1.51. The number of carbonyl (C=O) groups is 2. The second kappa shape index (κ2) is 11.7. The number of hydrogen-bond donors (Lipinski definition) is 1. The maximum absolute atomic E-state index is 12.5. The van der Waals surface area contributed by atoms with Gasteiger partial charge in [-0.2, -0.15) is 0 Å². The van der Waals surface area contributed by atoms with Crippen LogP contribution in [0.5, 0.6) is 0 Å². The van der Waals surface area contributed by atoms with Gasteiger partial charge in [-0.1, -0.05) is 60.7 Å². The topological polar surface area (TPSA) is 60.9 Å². The van der Waals surface area contributed by atoms with Crippen LogP contribution in [0.1, 0.15) is 39.9 Å². The summed E-state index contributed by atoms with van der Waals surface area (Å²) in [4.78, 5) is 28.5. The van der Waals surface area contributed by atoms with Gasteiger partial charge in [0.1, 0.15) is 6.61 Å². The van der Waals surface area contributed by atoms with E-state index in [1.807, 2.05) is 48.5 Å². The highest BCUT2D eigenvalue weighted by atomic mass is 16.3. The maximum Gasteiger partial charge on any atom is 0.185 e. The Kier molecular flexibility index (Phi) is 8.68. The second-order valence-corrected chi connectivity index (χ2v) is 8.49. The summed E-state index contributed by atoms with van der Waals surface area (Å²) in [5, 5.41) is 8.74. The van der Waals surface area contributed by atoms with E-state index in [1.54, 1.807) is 18.2 Å². The second-order valence-electron chi connectivity index (χ2n) is 8.49. The molecule has 0 bridgehead atoms. The fraction of sp³-hybridized carbons (Fsp3) is 0.333. The van der Waals surface area contributed by atoms with Crippen LogP contribution in [0.2, 0.25) is 0 Å². The molecular weight excluding hydrogens is 400 g/mol. The average Bonchev–Trinajstić information content (AvgIpc) is 2.82. The summed E-state index contributed by atoms with van der Waals surface area (Å²) >= 11 is 0. The molecule has 2 aromatic rings. The van der Waals surface area contributed by atoms with E-state index in [9.17, 15) is 9.59 Å². The summed E-state index contributed by atoms with van der Waals surface area (Å²) in [5.41, 5.74) is 3.68. The molecule has 1 heterocycles. The van der Waals surface area contributed by atoms with E-state index in [4.69, 9.17) is 5.11 Å². The van der Waals surface area contributed by atoms with Gasteiger partial charge in [0, 0.05) is 18.2 Å². The van der Waals surface area contributed by atoms with Crippen LogP contribution in [0.4, 0.5) is 0 Å². The van der Waals surface area contributed by atoms with Gasteiger partial charge in [0.25, 0.3) is 0 Å². The van der Waals surface area contributed by atoms with E-state index in [2.05, 4.69) is 23.9 Å². The van der Waals surface area contributed by atoms with Gasteiger partial charge in [0.2, 0.25) is 0 Å². The Labute approximate surface area is 190 Å². The Morgan fingerprint density at radius 2 is 1.50 bits per heavy atom. The largest absolute Gasteiger partial charge is 0.388 e. The molecule has 2 aromatic carbocycles. The van der Waals surface area contributed by atoms with Crippen LogP contribution >= 0.6 is 0 Å². The monoisotopic (exact) mass is 432 g/mol. The fourth-order valence-corrected chi connectivity index (χ4v) is 3.85. The molecule has 1 saturated heterocycles. The molecule has 0 amide bonds. The predicted molar refractivity (Wildman–Crippen MR) is 129 cm³/mol. The summed E-state index contributed by atoms with van der Waals surface area (Å²) < 4.78 is 0. The third-order valence-electron chi connectivity index (χ3n) is 5.91. The van der Waals surface area contributed by atoms with E-state index in [-0.39, 0.29) is 11.6 Å². The van der Waals surface area contributed by atoms with Gasteiger partial charge in [-0.05, 0) is 68.9 Å². The summed E-state index contributed by atoms with van der Waals surface area (Å²) in [7, 11) is 4.31. The lowest BCUT2D eigenvalue weighted by atomic mass is 10.0. The van der Waals surface area contributed by atoms with Gasteiger partial charge in [0.05, 0.1) is 0 Å². The number of allylic oxidation sites excluding steroid dienone is 1. The number of piperidine rings is 1. The number of carbonyl (C=O) groups excluding carboxylic acids is 2. The first-order valence-electron chi connectivity index (χ1n) is 11.1. The molecule has 1 fully saturated rings. The number of hydrogen-bond acceptors (Lipinski definition) is 5. The molecule has 0 saturated carbocycles. The van der Waals surface area contributed by atoms with Crippen LogP contribution in [0, 0.1) is 0 Å². The van der Waals surface area contributed by atoms with Crippen molar-refractivity contribution in [1.82, 2.24) is 9.80 Å². The van der Waals surface area contributed by atoms with Gasteiger partial charge in [-0.15, -0.1) is 0 Å². The van der Waals surface area contributed by atoms with Gasteiger partial charge < -0.3 is 10.0 Å². The van der Waals surface area contributed by atoms with E-state index < -0.39 is 6.61 Å². The summed E-state index contributed by atoms with van der Waals surface area (Å²) in [6.45, 7) is 2.65. The minimum Gasteiger partial charge on any atom is -0.388 e. The zero-order valence-corrected chi connectivity index (χ0v) is 18.9. The molecular formula is C27H32N2O3. The van der Waals surface area contributed by atoms with Crippen molar-refractivity contribution < 1.29 is 14.7 Å². The van der Waals surface area contributed by atoms with Crippen molar-refractivity contribution in [3.05, 3.63) is 82.9 Å². The first kappa shape index (κ1) is 23.8. The van der Waals surface area contributed by atoms with Crippen LogP contribution < -0.4 is 0 Å². The lowest BCUT2D eigenvalue weighted by molar-refractivity contribution is -0.117. The molecule has 1 N–H and O–H groups in total. The summed E-state index contributed by atoms with van der Waals surface area (Å²) in [6, 6.07) is 16.1. The van der Waals surface area contributed by atoms with Gasteiger partial charge in [0.15, 0.2) is 11.6 Å². The van der Waals surface area contributed by atoms with Crippen molar-refractivity contribution in [1.29, 1.82) is 0 Å². The first-order valence-corrected chi connectivity index (χ1v) is 11.1. The van der Waals surface area contributed by atoms with Crippen molar-refractivity contribution in [3.8, 4) is 0 Å². The van der Waals surface area contributed by atoms with Gasteiger partial charge >= 0.3 is 0 Å². The van der Waals surface area contributed by atoms with Gasteiger partial charge in [-0.25, -0.2) is 0 Å². The molecule has 3 rings (SSSR count). The molecule has 1 aliphatic rings. The molecule has 0 atom stereocenters. The zero-order chi connectivity index (χ0) is 22.9. The Morgan fingerprint density at radius 3 is 2.03 bits per heavy atom. The Bertz CT molecular complexity index is 951. The maximum atomic E-state index is 12.5. The molecule has 32 heavy (non-hydrogen) atoms. The Hall–Kier alpha value is -2.86. The average molecular weight is 433 g/mol. The van der Waals surface area contributed by atoms with Gasteiger partial charge in [-0.3, -0.25) is 14.5 Å². The highest BCUT2D eigenvalue weighted by Gasteiger charge is 2.20. The Morgan fingerprint density at radius 1 is 0.938 bits per heavy atom. The number of likely N-dealkylation sites (tertiary alicyclic amines) is 1. The smallest absolute Gasteiger partial charge is 0.185 e. The molecule has 1 aliphatic heterocycles. The molecule has 0 radical (unpaired) electrons. The molecule has 5 heteroatoms. The standard InChI is InChI=1S/C27H32N2O3/c1-28(2)25-15-17-29(18-16-25)19-23-7-11-24(12-8-23)27(32)14-10-22-5-3-21(4-6-22)9-13-26(31)20-30/h3-14,25,30H,15-20H2,1-2H3/b13-9+,14-10+. The number of ketones is 2. The van der Waals surface area contributed by atoms with E-state index >= 15 is 0 Å². The van der Waals surface area contributed by atoms with Crippen LogP contribution in [0.25, 0.3) is 12.2 Å². The molecule has 168 valence electrons. The lowest BCUT2D eigenvalue weighted by Crippen LogP contribution is -2.41. The molecule has 0 aromatic heterocycles. The summed E-state index contributed by atoms with van der Waals surface area (Å²) in [6.07, 6.45) is 8.78. The SMILES string of the molecule is CN(C)C1CCN(Cc2ccc(C(=O)/C=C/c3ccc(/C=C/C(=O)CO)cc3)cc2)CC1. The molecule has 0 aliphatic carbocycles.